The Labute approximate surface area is 192 Å². The predicted octanol–water partition coefficient (Wildman–Crippen LogP) is 6.35. The van der Waals surface area contributed by atoms with Crippen molar-refractivity contribution in [2.75, 3.05) is 6.61 Å². The Morgan fingerprint density at radius 3 is 2.45 bits per heavy atom. The molecule has 0 radical (unpaired) electrons. The highest BCUT2D eigenvalue weighted by Crippen LogP contribution is 2.38. The molecule has 0 saturated carbocycles. The third kappa shape index (κ3) is 5.91. The van der Waals surface area contributed by atoms with E-state index in [1.54, 1.807) is 0 Å². The van der Waals surface area contributed by atoms with Gasteiger partial charge in [-0.05, 0) is 49.9 Å². The molecule has 1 aromatic carbocycles. The molecular weight excluding hydrogens is 433 g/mol. The fourth-order valence-corrected chi connectivity index (χ4v) is 4.58. The van der Waals surface area contributed by atoms with Gasteiger partial charge in [0.05, 0.1) is 12.2 Å². The molecule has 0 N–H and O–H groups in total. The van der Waals surface area contributed by atoms with Gasteiger partial charge in [-0.2, -0.15) is 13.2 Å². The molecule has 0 aliphatic carbocycles. The lowest BCUT2D eigenvalue weighted by molar-refractivity contribution is -0.185. The third-order valence-electron chi connectivity index (χ3n) is 6.28. The van der Waals surface area contributed by atoms with Crippen molar-refractivity contribution in [3.63, 3.8) is 0 Å². The average Bonchev–Trinajstić information content (AvgIpc) is 2.76. The van der Waals surface area contributed by atoms with Gasteiger partial charge in [-0.25, -0.2) is 4.98 Å². The molecule has 8 heteroatoms. The molecule has 1 aromatic heterocycles. The SMILES string of the molecule is CCCCOc1cc(C)ccc1OC1C[C@H]2CCC[C@@H](C1)N2Oc1ccc(C(F)(F)F)cn1. The van der Waals surface area contributed by atoms with Crippen LogP contribution >= 0.6 is 0 Å². The topological polar surface area (TPSA) is 43.8 Å². The largest absolute Gasteiger partial charge is 0.490 e. The third-order valence-corrected chi connectivity index (χ3v) is 6.28. The minimum Gasteiger partial charge on any atom is -0.490 e. The highest BCUT2D eigenvalue weighted by Gasteiger charge is 2.41. The number of rotatable bonds is 8. The second kappa shape index (κ2) is 10.2. The van der Waals surface area contributed by atoms with Gasteiger partial charge in [0.15, 0.2) is 11.5 Å². The number of nitrogens with zero attached hydrogens (tertiary/aromatic N) is 2. The van der Waals surface area contributed by atoms with E-state index < -0.39 is 11.7 Å². The molecular formula is C25H31F3N2O3. The fourth-order valence-electron chi connectivity index (χ4n) is 4.58. The maximum atomic E-state index is 12.8. The quantitative estimate of drug-likeness (QED) is 0.426. The zero-order valence-electron chi connectivity index (χ0n) is 19.1. The molecule has 2 saturated heterocycles. The van der Waals surface area contributed by atoms with E-state index in [1.807, 2.05) is 30.2 Å². The first-order valence-electron chi connectivity index (χ1n) is 11.7. The second-order valence-electron chi connectivity index (χ2n) is 8.94. The summed E-state index contributed by atoms with van der Waals surface area (Å²) in [5.41, 5.74) is 0.343. The van der Waals surface area contributed by atoms with Gasteiger partial charge in [0.2, 0.25) is 5.88 Å². The van der Waals surface area contributed by atoms with Crippen LogP contribution in [0.25, 0.3) is 0 Å². The number of piperidine rings is 2. The molecule has 180 valence electrons. The van der Waals surface area contributed by atoms with E-state index in [9.17, 15) is 13.2 Å². The summed E-state index contributed by atoms with van der Waals surface area (Å²) in [4.78, 5) is 9.85. The number of fused-ring (bicyclic) bond motifs is 2. The Morgan fingerprint density at radius 2 is 1.82 bits per heavy atom. The van der Waals surface area contributed by atoms with Crippen molar-refractivity contribution in [1.82, 2.24) is 10.0 Å². The summed E-state index contributed by atoms with van der Waals surface area (Å²) < 4.78 is 50.8. The number of hydrogen-bond acceptors (Lipinski definition) is 5. The summed E-state index contributed by atoms with van der Waals surface area (Å²) in [6, 6.07) is 8.56. The van der Waals surface area contributed by atoms with E-state index in [4.69, 9.17) is 14.3 Å². The number of aromatic nitrogens is 1. The fraction of sp³-hybridized carbons (Fsp3) is 0.560. The van der Waals surface area contributed by atoms with Crippen LogP contribution in [0.1, 0.15) is 63.0 Å². The van der Waals surface area contributed by atoms with Gasteiger partial charge < -0.3 is 14.3 Å². The lowest BCUT2D eigenvalue weighted by atomic mass is 9.84. The summed E-state index contributed by atoms with van der Waals surface area (Å²) in [5, 5.41) is 1.92. The van der Waals surface area contributed by atoms with Crippen LogP contribution in [0.5, 0.6) is 17.4 Å². The first-order valence-corrected chi connectivity index (χ1v) is 11.7. The summed E-state index contributed by atoms with van der Waals surface area (Å²) in [7, 11) is 0. The van der Waals surface area contributed by atoms with Gasteiger partial charge in [-0.1, -0.05) is 25.8 Å². The van der Waals surface area contributed by atoms with Gasteiger partial charge in [-0.15, -0.1) is 5.06 Å². The molecule has 2 aliphatic heterocycles. The minimum absolute atomic E-state index is 0.0249. The van der Waals surface area contributed by atoms with Crippen LogP contribution in [0.4, 0.5) is 13.2 Å². The molecule has 3 heterocycles. The maximum absolute atomic E-state index is 12.8. The van der Waals surface area contributed by atoms with Crippen molar-refractivity contribution in [2.45, 2.75) is 83.2 Å². The number of hydrogen-bond donors (Lipinski definition) is 0. The zero-order valence-corrected chi connectivity index (χ0v) is 19.1. The number of ether oxygens (including phenoxy) is 2. The Morgan fingerprint density at radius 1 is 1.06 bits per heavy atom. The van der Waals surface area contributed by atoms with Crippen molar-refractivity contribution in [3.8, 4) is 17.4 Å². The summed E-state index contributed by atoms with van der Waals surface area (Å²) in [6.07, 6.45) is 3.04. The predicted molar refractivity (Wildman–Crippen MR) is 118 cm³/mol. The monoisotopic (exact) mass is 464 g/mol. The van der Waals surface area contributed by atoms with Crippen LogP contribution in [0, 0.1) is 6.92 Å². The van der Waals surface area contributed by atoms with E-state index in [2.05, 4.69) is 11.9 Å². The number of halogens is 3. The van der Waals surface area contributed by atoms with Crippen LogP contribution in [0.2, 0.25) is 0 Å². The minimum atomic E-state index is -4.41. The molecule has 5 nitrogen and oxygen atoms in total. The summed E-state index contributed by atoms with van der Waals surface area (Å²) in [5.74, 6) is 1.73. The molecule has 1 unspecified atom stereocenters. The van der Waals surface area contributed by atoms with Crippen molar-refractivity contribution in [2.24, 2.45) is 0 Å². The van der Waals surface area contributed by atoms with Gasteiger partial charge in [-0.3, -0.25) is 0 Å². The van der Waals surface area contributed by atoms with E-state index in [1.165, 1.54) is 6.07 Å². The van der Waals surface area contributed by atoms with Crippen LogP contribution in [-0.4, -0.2) is 34.8 Å². The van der Waals surface area contributed by atoms with Gasteiger partial charge in [0.25, 0.3) is 0 Å². The van der Waals surface area contributed by atoms with Crippen molar-refractivity contribution in [1.29, 1.82) is 0 Å². The number of pyridine rings is 1. The maximum Gasteiger partial charge on any atom is 0.417 e. The standard InChI is InChI=1S/C25H31F3N2O3/c1-3-4-12-31-23-13-17(2)8-10-22(23)32-21-14-19-6-5-7-20(15-21)30(19)33-24-11-9-18(16-29-24)25(26,27)28/h8-11,13,16,19-21H,3-7,12,14-15H2,1-2H3/t19-,20+,21?. The van der Waals surface area contributed by atoms with E-state index in [0.29, 0.717) is 6.61 Å². The van der Waals surface area contributed by atoms with Crippen molar-refractivity contribution < 1.29 is 27.5 Å². The Hall–Kier alpha value is -2.48. The molecule has 0 spiro atoms. The molecule has 2 aromatic rings. The lowest BCUT2D eigenvalue weighted by Crippen LogP contribution is -2.55. The first kappa shape index (κ1) is 23.7. The van der Waals surface area contributed by atoms with Gasteiger partial charge in [0.1, 0.15) is 6.10 Å². The Bertz CT molecular complexity index is 906. The van der Waals surface area contributed by atoms with E-state index in [-0.39, 0.29) is 24.1 Å². The van der Waals surface area contributed by atoms with Crippen LogP contribution in [0.15, 0.2) is 36.5 Å². The average molecular weight is 465 g/mol. The molecule has 33 heavy (non-hydrogen) atoms. The Balaban J connectivity index is 1.41. The second-order valence-corrected chi connectivity index (χ2v) is 8.94. The number of alkyl halides is 3. The molecule has 2 fully saturated rings. The first-order chi connectivity index (χ1) is 15.8. The molecule has 3 atom stereocenters. The lowest BCUT2D eigenvalue weighted by Gasteiger charge is -2.46. The number of benzene rings is 1. The summed E-state index contributed by atoms with van der Waals surface area (Å²) in [6.45, 7) is 4.83. The van der Waals surface area contributed by atoms with Crippen LogP contribution < -0.4 is 14.3 Å². The van der Waals surface area contributed by atoms with Crippen molar-refractivity contribution in [3.05, 3.63) is 47.7 Å². The van der Waals surface area contributed by atoms with Crippen LogP contribution in [0.3, 0.4) is 0 Å². The highest BCUT2D eigenvalue weighted by molar-refractivity contribution is 5.42. The Kier molecular flexibility index (Phi) is 7.32. The van der Waals surface area contributed by atoms with E-state index in [0.717, 1.165) is 74.3 Å². The number of unbranched alkanes of at least 4 members (excludes halogenated alkanes) is 1. The normalized spacial score (nSPS) is 23.2. The highest BCUT2D eigenvalue weighted by atomic mass is 19.4. The molecule has 4 rings (SSSR count). The zero-order chi connectivity index (χ0) is 23.4. The molecule has 2 aliphatic rings. The molecule has 0 amide bonds. The molecule has 2 bridgehead atoms. The van der Waals surface area contributed by atoms with Crippen LogP contribution in [-0.2, 0) is 6.18 Å². The number of hydroxylamine groups is 2. The smallest absolute Gasteiger partial charge is 0.417 e. The van der Waals surface area contributed by atoms with Gasteiger partial charge >= 0.3 is 6.18 Å². The summed E-state index contributed by atoms with van der Waals surface area (Å²) >= 11 is 0. The number of aryl methyl sites for hydroxylation is 1. The van der Waals surface area contributed by atoms with Gasteiger partial charge in [0, 0.05) is 37.2 Å². The van der Waals surface area contributed by atoms with Crippen molar-refractivity contribution >= 4 is 0 Å². The van der Waals surface area contributed by atoms with E-state index >= 15 is 0 Å².